The van der Waals surface area contributed by atoms with Crippen molar-refractivity contribution in [3.05, 3.63) is 107 Å². The summed E-state index contributed by atoms with van der Waals surface area (Å²) in [4.78, 5) is 18.9. The minimum absolute atomic E-state index is 0.0492. The molecule has 4 rings (SSSR count). The Morgan fingerprint density at radius 3 is 2.00 bits per heavy atom. The SMILES string of the molecule is Cc1ccccc1-c1cc(-c2ccc(O)cc2)ncc1C(=O)N(C)Cc1cc(C(F)(F)F)cc(C(F)(F)F)c1. The van der Waals surface area contributed by atoms with Crippen LogP contribution >= 0.6 is 0 Å². The van der Waals surface area contributed by atoms with E-state index in [9.17, 15) is 36.2 Å². The van der Waals surface area contributed by atoms with Crippen LogP contribution in [0, 0.1) is 6.92 Å². The molecular formula is C29H22F6N2O2. The van der Waals surface area contributed by atoms with Gasteiger partial charge >= 0.3 is 12.4 Å². The van der Waals surface area contributed by atoms with Gasteiger partial charge in [-0.3, -0.25) is 9.78 Å². The lowest BCUT2D eigenvalue weighted by Gasteiger charge is -2.22. The van der Waals surface area contributed by atoms with E-state index in [0.29, 0.717) is 34.5 Å². The molecule has 1 amide bonds. The second kappa shape index (κ2) is 10.4. The van der Waals surface area contributed by atoms with E-state index < -0.39 is 35.9 Å². The first-order chi connectivity index (χ1) is 18.2. The molecule has 39 heavy (non-hydrogen) atoms. The van der Waals surface area contributed by atoms with Crippen LogP contribution in [-0.2, 0) is 18.9 Å². The Hall–Kier alpha value is -4.34. The molecule has 0 saturated heterocycles. The van der Waals surface area contributed by atoms with Crippen LogP contribution in [0.1, 0.15) is 32.6 Å². The van der Waals surface area contributed by atoms with E-state index in [1.807, 2.05) is 19.1 Å². The molecule has 10 heteroatoms. The molecule has 0 spiro atoms. The normalized spacial score (nSPS) is 11.9. The minimum atomic E-state index is -5.00. The van der Waals surface area contributed by atoms with Gasteiger partial charge in [-0.1, -0.05) is 24.3 Å². The van der Waals surface area contributed by atoms with Crippen LogP contribution in [0.25, 0.3) is 22.4 Å². The van der Waals surface area contributed by atoms with Gasteiger partial charge in [0.05, 0.1) is 22.4 Å². The maximum atomic E-state index is 13.5. The number of nitrogens with zero attached hydrogens (tertiary/aromatic N) is 2. The number of hydrogen-bond donors (Lipinski definition) is 1. The lowest BCUT2D eigenvalue weighted by atomic mass is 9.95. The molecule has 1 heterocycles. The maximum absolute atomic E-state index is 13.5. The highest BCUT2D eigenvalue weighted by atomic mass is 19.4. The van der Waals surface area contributed by atoms with Gasteiger partial charge in [0, 0.05) is 25.4 Å². The Bertz CT molecular complexity index is 1480. The Labute approximate surface area is 220 Å². The number of amides is 1. The summed E-state index contributed by atoms with van der Waals surface area (Å²) in [6.45, 7) is 1.34. The fourth-order valence-electron chi connectivity index (χ4n) is 4.18. The van der Waals surface area contributed by atoms with Crippen molar-refractivity contribution in [1.29, 1.82) is 0 Å². The Kier molecular flexibility index (Phi) is 7.41. The number of aryl methyl sites for hydroxylation is 1. The van der Waals surface area contributed by atoms with Crippen LogP contribution in [0.3, 0.4) is 0 Å². The molecule has 0 atom stereocenters. The van der Waals surface area contributed by atoms with E-state index >= 15 is 0 Å². The van der Waals surface area contributed by atoms with Crippen molar-refractivity contribution in [3.63, 3.8) is 0 Å². The van der Waals surface area contributed by atoms with Crippen molar-refractivity contribution in [2.24, 2.45) is 0 Å². The summed E-state index contributed by atoms with van der Waals surface area (Å²) in [6, 6.07) is 16.5. The van der Waals surface area contributed by atoms with Crippen LogP contribution in [0.2, 0.25) is 0 Å². The number of phenols is 1. The molecule has 202 valence electrons. The van der Waals surface area contributed by atoms with Crippen LogP contribution < -0.4 is 0 Å². The van der Waals surface area contributed by atoms with E-state index in [2.05, 4.69) is 4.98 Å². The Morgan fingerprint density at radius 2 is 1.44 bits per heavy atom. The van der Waals surface area contributed by atoms with Crippen molar-refractivity contribution in [2.45, 2.75) is 25.8 Å². The number of aromatic hydroxyl groups is 1. The number of halogens is 6. The summed E-state index contributed by atoms with van der Waals surface area (Å²) in [7, 11) is 1.30. The first-order valence-corrected chi connectivity index (χ1v) is 11.6. The van der Waals surface area contributed by atoms with Crippen molar-refractivity contribution in [2.75, 3.05) is 7.05 Å². The van der Waals surface area contributed by atoms with Crippen molar-refractivity contribution in [1.82, 2.24) is 9.88 Å². The minimum Gasteiger partial charge on any atom is -0.508 e. The molecule has 0 aliphatic heterocycles. The first kappa shape index (κ1) is 27.7. The molecule has 0 aliphatic rings. The fourth-order valence-corrected chi connectivity index (χ4v) is 4.18. The van der Waals surface area contributed by atoms with E-state index in [1.54, 1.807) is 30.3 Å². The molecule has 3 aromatic carbocycles. The Balaban J connectivity index is 1.75. The zero-order valence-corrected chi connectivity index (χ0v) is 20.7. The van der Waals surface area contributed by atoms with Crippen molar-refractivity contribution < 1.29 is 36.2 Å². The average Bonchev–Trinajstić information content (AvgIpc) is 2.87. The van der Waals surface area contributed by atoms with Gasteiger partial charge in [-0.25, -0.2) is 0 Å². The number of benzene rings is 3. The van der Waals surface area contributed by atoms with Gasteiger partial charge in [-0.05, 0) is 77.7 Å². The second-order valence-corrected chi connectivity index (χ2v) is 9.05. The number of carbonyl (C=O) groups is 1. The third-order valence-corrected chi connectivity index (χ3v) is 6.15. The van der Waals surface area contributed by atoms with Crippen LogP contribution in [-0.4, -0.2) is 27.9 Å². The number of rotatable bonds is 5. The summed E-state index contributed by atoms with van der Waals surface area (Å²) in [5.41, 5.74) is 0.0977. The van der Waals surface area contributed by atoms with E-state index in [-0.39, 0.29) is 22.9 Å². The largest absolute Gasteiger partial charge is 0.508 e. The first-order valence-electron chi connectivity index (χ1n) is 11.6. The van der Waals surface area contributed by atoms with Gasteiger partial charge in [0.15, 0.2) is 0 Å². The molecular weight excluding hydrogens is 522 g/mol. The van der Waals surface area contributed by atoms with E-state index in [1.165, 1.54) is 25.4 Å². The molecule has 0 saturated carbocycles. The lowest BCUT2D eigenvalue weighted by molar-refractivity contribution is -0.143. The lowest BCUT2D eigenvalue weighted by Crippen LogP contribution is -2.27. The molecule has 1 N–H and O–H groups in total. The van der Waals surface area contributed by atoms with Gasteiger partial charge in [-0.15, -0.1) is 0 Å². The third-order valence-electron chi connectivity index (χ3n) is 6.15. The number of aromatic nitrogens is 1. The molecule has 4 nitrogen and oxygen atoms in total. The standard InChI is InChI=1S/C29H22F6N2O2/c1-17-5-3-4-6-23(17)24-14-26(19-7-9-22(38)10-8-19)36-15-25(24)27(39)37(2)16-18-11-20(28(30,31)32)13-21(12-18)29(33,34)35/h3-15,38H,16H2,1-2H3. The van der Waals surface area contributed by atoms with Gasteiger partial charge in [0.2, 0.25) is 0 Å². The zero-order valence-electron chi connectivity index (χ0n) is 20.7. The summed E-state index contributed by atoms with van der Waals surface area (Å²) in [5, 5.41) is 9.60. The van der Waals surface area contributed by atoms with Crippen molar-refractivity contribution >= 4 is 5.91 Å². The van der Waals surface area contributed by atoms with Crippen LogP contribution in [0.15, 0.2) is 79.0 Å². The topological polar surface area (TPSA) is 53.4 Å². The van der Waals surface area contributed by atoms with E-state index in [0.717, 1.165) is 10.5 Å². The monoisotopic (exact) mass is 544 g/mol. The smallest absolute Gasteiger partial charge is 0.416 e. The van der Waals surface area contributed by atoms with Gasteiger partial charge < -0.3 is 10.0 Å². The van der Waals surface area contributed by atoms with Crippen LogP contribution in [0.5, 0.6) is 5.75 Å². The molecule has 0 radical (unpaired) electrons. The maximum Gasteiger partial charge on any atom is 0.416 e. The predicted molar refractivity (Wildman–Crippen MR) is 134 cm³/mol. The number of pyridine rings is 1. The molecule has 1 aromatic heterocycles. The average molecular weight is 544 g/mol. The number of carbonyl (C=O) groups excluding carboxylic acids is 1. The summed E-state index contributed by atoms with van der Waals surface area (Å²) < 4.78 is 79.8. The molecule has 0 fully saturated rings. The molecule has 0 unspecified atom stereocenters. The molecule has 0 aliphatic carbocycles. The van der Waals surface area contributed by atoms with E-state index in [4.69, 9.17) is 0 Å². The molecule has 4 aromatic rings. The highest BCUT2D eigenvalue weighted by Gasteiger charge is 2.37. The predicted octanol–water partition coefficient (Wildman–Crippen LogP) is 7.74. The van der Waals surface area contributed by atoms with Gasteiger partial charge in [0.1, 0.15) is 5.75 Å². The second-order valence-electron chi connectivity index (χ2n) is 9.05. The molecule has 0 bridgehead atoms. The van der Waals surface area contributed by atoms with Crippen LogP contribution in [0.4, 0.5) is 26.3 Å². The number of hydrogen-bond acceptors (Lipinski definition) is 3. The summed E-state index contributed by atoms with van der Waals surface area (Å²) in [5.74, 6) is -0.571. The van der Waals surface area contributed by atoms with Gasteiger partial charge in [0.25, 0.3) is 5.91 Å². The third kappa shape index (κ3) is 6.22. The Morgan fingerprint density at radius 1 is 0.846 bits per heavy atom. The summed E-state index contributed by atoms with van der Waals surface area (Å²) in [6.07, 6.45) is -8.66. The highest BCUT2D eigenvalue weighted by Crippen LogP contribution is 2.37. The van der Waals surface area contributed by atoms with Gasteiger partial charge in [-0.2, -0.15) is 26.3 Å². The van der Waals surface area contributed by atoms with Crippen molar-refractivity contribution in [3.8, 4) is 28.1 Å². The zero-order chi connectivity index (χ0) is 28.5. The fraction of sp³-hybridized carbons (Fsp3) is 0.172. The quantitative estimate of drug-likeness (QED) is 0.262. The summed E-state index contributed by atoms with van der Waals surface area (Å²) >= 11 is 0. The highest BCUT2D eigenvalue weighted by molar-refractivity contribution is 6.01. The number of phenolic OH excluding ortho intramolecular Hbond substituents is 1. The number of alkyl halides is 6.